The van der Waals surface area contributed by atoms with Crippen molar-refractivity contribution in [3.8, 4) is 5.82 Å². The van der Waals surface area contributed by atoms with Gasteiger partial charge in [-0.3, -0.25) is 0 Å². The Bertz CT molecular complexity index is 406. The Labute approximate surface area is 83.7 Å². The lowest BCUT2D eigenvalue weighted by Crippen LogP contribution is -2.00. The van der Waals surface area contributed by atoms with Crippen LogP contribution in [0.2, 0.25) is 0 Å². The maximum absolute atomic E-state index is 4.20. The molecule has 0 aromatic carbocycles. The summed E-state index contributed by atoms with van der Waals surface area (Å²) in [6.07, 6.45) is 3.43. The Hall–Kier alpha value is -1.23. The Kier molecular flexibility index (Phi) is 2.10. The van der Waals surface area contributed by atoms with Crippen molar-refractivity contribution in [3.63, 3.8) is 0 Å². The second-order valence-electron chi connectivity index (χ2n) is 2.62. The third-order valence-electron chi connectivity index (χ3n) is 1.65. The molecule has 0 aliphatic rings. The SMILES string of the molecule is Cc1cnnn1-c1ccc(Br)cn1. The van der Waals surface area contributed by atoms with E-state index in [1.807, 2.05) is 19.1 Å². The molecular weight excluding hydrogens is 232 g/mol. The molecule has 2 rings (SSSR count). The van der Waals surface area contributed by atoms with Gasteiger partial charge in [-0.25, -0.2) is 4.98 Å². The van der Waals surface area contributed by atoms with Gasteiger partial charge in [-0.05, 0) is 35.0 Å². The quantitative estimate of drug-likeness (QED) is 0.761. The fourth-order valence-electron chi connectivity index (χ4n) is 1.01. The van der Waals surface area contributed by atoms with Gasteiger partial charge >= 0.3 is 0 Å². The molecule has 4 nitrogen and oxygen atoms in total. The molecule has 0 amide bonds. The van der Waals surface area contributed by atoms with Crippen LogP contribution < -0.4 is 0 Å². The van der Waals surface area contributed by atoms with Crippen LogP contribution >= 0.6 is 15.9 Å². The van der Waals surface area contributed by atoms with Gasteiger partial charge in [0.05, 0.1) is 11.9 Å². The topological polar surface area (TPSA) is 43.6 Å². The number of halogens is 1. The second-order valence-corrected chi connectivity index (χ2v) is 3.54. The van der Waals surface area contributed by atoms with E-state index in [4.69, 9.17) is 0 Å². The van der Waals surface area contributed by atoms with Crippen LogP contribution in [0.15, 0.2) is 29.0 Å². The standard InChI is InChI=1S/C8H7BrN4/c1-6-4-11-12-13(6)8-3-2-7(9)5-10-8/h2-5H,1H3. The number of hydrogen-bond acceptors (Lipinski definition) is 3. The van der Waals surface area contributed by atoms with Gasteiger partial charge in [0, 0.05) is 10.7 Å². The van der Waals surface area contributed by atoms with Crippen molar-refractivity contribution >= 4 is 15.9 Å². The monoisotopic (exact) mass is 238 g/mol. The molecule has 2 heterocycles. The van der Waals surface area contributed by atoms with Crippen LogP contribution in [0.25, 0.3) is 5.82 Å². The number of aryl methyl sites for hydroxylation is 1. The molecule has 0 fully saturated rings. The molecule has 0 aliphatic carbocycles. The molecule has 0 atom stereocenters. The highest BCUT2D eigenvalue weighted by atomic mass is 79.9. The van der Waals surface area contributed by atoms with E-state index in [0.29, 0.717) is 0 Å². The highest BCUT2D eigenvalue weighted by Crippen LogP contribution is 2.10. The zero-order valence-corrected chi connectivity index (χ0v) is 8.56. The zero-order chi connectivity index (χ0) is 9.26. The van der Waals surface area contributed by atoms with Crippen molar-refractivity contribution in [1.82, 2.24) is 20.0 Å². The molecule has 0 bridgehead atoms. The van der Waals surface area contributed by atoms with Crippen LogP contribution in [0.3, 0.4) is 0 Å². The third kappa shape index (κ3) is 1.60. The molecule has 5 heteroatoms. The molecule has 66 valence electrons. The van der Waals surface area contributed by atoms with Gasteiger partial charge < -0.3 is 0 Å². The zero-order valence-electron chi connectivity index (χ0n) is 6.98. The third-order valence-corrected chi connectivity index (χ3v) is 2.12. The summed E-state index contributed by atoms with van der Waals surface area (Å²) < 4.78 is 2.64. The summed E-state index contributed by atoms with van der Waals surface area (Å²) in [6.45, 7) is 1.93. The van der Waals surface area contributed by atoms with Crippen LogP contribution in [0.1, 0.15) is 5.69 Å². The minimum Gasteiger partial charge on any atom is -0.236 e. The molecular formula is C8H7BrN4. The first-order valence-electron chi connectivity index (χ1n) is 3.76. The molecule has 0 aliphatic heterocycles. The van der Waals surface area contributed by atoms with Crippen LogP contribution in [0.5, 0.6) is 0 Å². The minimum absolute atomic E-state index is 0.776. The fourth-order valence-corrected chi connectivity index (χ4v) is 1.24. The van der Waals surface area contributed by atoms with E-state index in [9.17, 15) is 0 Å². The lowest BCUT2D eigenvalue weighted by molar-refractivity contribution is 0.763. The van der Waals surface area contributed by atoms with Gasteiger partial charge in [0.2, 0.25) is 0 Å². The molecule has 0 spiro atoms. The molecule has 0 N–H and O–H groups in total. The Balaban J connectivity index is 2.47. The Morgan fingerprint density at radius 2 is 2.15 bits per heavy atom. The molecule has 0 saturated heterocycles. The largest absolute Gasteiger partial charge is 0.236 e. The van der Waals surface area contributed by atoms with Gasteiger partial charge in [-0.15, -0.1) is 5.10 Å². The maximum atomic E-state index is 4.20. The summed E-state index contributed by atoms with van der Waals surface area (Å²) in [5.41, 5.74) is 0.967. The van der Waals surface area contributed by atoms with Crippen molar-refractivity contribution in [3.05, 3.63) is 34.7 Å². The average molecular weight is 239 g/mol. The molecule has 0 unspecified atom stereocenters. The first-order valence-corrected chi connectivity index (χ1v) is 4.56. The summed E-state index contributed by atoms with van der Waals surface area (Å²) in [7, 11) is 0. The molecule has 0 radical (unpaired) electrons. The van der Waals surface area contributed by atoms with E-state index >= 15 is 0 Å². The molecule has 13 heavy (non-hydrogen) atoms. The lowest BCUT2D eigenvalue weighted by atomic mass is 10.4. The molecule has 2 aromatic rings. The van der Waals surface area contributed by atoms with Crippen LogP contribution in [-0.4, -0.2) is 20.0 Å². The lowest BCUT2D eigenvalue weighted by Gasteiger charge is -2.00. The fraction of sp³-hybridized carbons (Fsp3) is 0.125. The van der Waals surface area contributed by atoms with Crippen molar-refractivity contribution in [2.45, 2.75) is 6.92 Å². The van der Waals surface area contributed by atoms with Crippen molar-refractivity contribution in [2.24, 2.45) is 0 Å². The Morgan fingerprint density at radius 3 is 2.69 bits per heavy atom. The number of aromatic nitrogens is 4. The highest BCUT2D eigenvalue weighted by Gasteiger charge is 2.01. The summed E-state index contributed by atoms with van der Waals surface area (Å²) in [5, 5.41) is 7.69. The second kappa shape index (κ2) is 3.26. The molecule has 2 aromatic heterocycles. The van der Waals surface area contributed by atoms with Crippen LogP contribution in [0, 0.1) is 6.92 Å². The number of pyridine rings is 1. The first-order chi connectivity index (χ1) is 6.27. The predicted molar refractivity (Wildman–Crippen MR) is 51.6 cm³/mol. The van der Waals surface area contributed by atoms with E-state index in [2.05, 4.69) is 31.2 Å². The predicted octanol–water partition coefficient (Wildman–Crippen LogP) is 1.73. The Morgan fingerprint density at radius 1 is 1.31 bits per heavy atom. The van der Waals surface area contributed by atoms with E-state index in [0.717, 1.165) is 16.0 Å². The number of nitrogens with zero attached hydrogens (tertiary/aromatic N) is 4. The van der Waals surface area contributed by atoms with Crippen LogP contribution in [0.4, 0.5) is 0 Å². The average Bonchev–Trinajstić information content (AvgIpc) is 2.53. The van der Waals surface area contributed by atoms with Crippen molar-refractivity contribution in [2.75, 3.05) is 0 Å². The maximum Gasteiger partial charge on any atom is 0.155 e. The summed E-state index contributed by atoms with van der Waals surface area (Å²) in [4.78, 5) is 4.20. The highest BCUT2D eigenvalue weighted by molar-refractivity contribution is 9.10. The summed E-state index contributed by atoms with van der Waals surface area (Å²) in [6, 6.07) is 3.80. The number of hydrogen-bond donors (Lipinski definition) is 0. The van der Waals surface area contributed by atoms with Gasteiger partial charge in [0.25, 0.3) is 0 Å². The van der Waals surface area contributed by atoms with Gasteiger partial charge in [0.15, 0.2) is 5.82 Å². The number of rotatable bonds is 1. The van der Waals surface area contributed by atoms with E-state index < -0.39 is 0 Å². The van der Waals surface area contributed by atoms with Gasteiger partial charge in [-0.2, -0.15) is 4.68 Å². The normalized spacial score (nSPS) is 10.3. The van der Waals surface area contributed by atoms with E-state index in [1.54, 1.807) is 17.1 Å². The minimum atomic E-state index is 0.776. The summed E-state index contributed by atoms with van der Waals surface area (Å²) >= 11 is 3.32. The first kappa shape index (κ1) is 8.37. The van der Waals surface area contributed by atoms with Crippen LogP contribution in [-0.2, 0) is 0 Å². The summed E-state index contributed by atoms with van der Waals surface area (Å²) in [5.74, 6) is 0.776. The van der Waals surface area contributed by atoms with Gasteiger partial charge in [0.1, 0.15) is 0 Å². The van der Waals surface area contributed by atoms with Crippen molar-refractivity contribution < 1.29 is 0 Å². The van der Waals surface area contributed by atoms with E-state index in [-0.39, 0.29) is 0 Å². The van der Waals surface area contributed by atoms with Crippen molar-refractivity contribution in [1.29, 1.82) is 0 Å². The van der Waals surface area contributed by atoms with Gasteiger partial charge in [-0.1, -0.05) is 5.21 Å². The smallest absolute Gasteiger partial charge is 0.155 e. The van der Waals surface area contributed by atoms with E-state index in [1.165, 1.54) is 0 Å². The molecule has 0 saturated carbocycles.